The third-order valence-corrected chi connectivity index (χ3v) is 6.20. The lowest BCUT2D eigenvalue weighted by molar-refractivity contribution is 0.0709. The van der Waals surface area contributed by atoms with Crippen LogP contribution in [0.2, 0.25) is 0 Å². The molecule has 1 aliphatic rings. The smallest absolute Gasteiger partial charge is 0.265 e. The van der Waals surface area contributed by atoms with Gasteiger partial charge < -0.3 is 4.90 Å². The number of aromatic amines is 1. The molecule has 1 atom stereocenters. The molecule has 2 aromatic rings. The molecular formula is C18H26N4OS. The van der Waals surface area contributed by atoms with Gasteiger partial charge in [-0.05, 0) is 31.7 Å². The SMILES string of the molecule is CCc1cn[nH]c1[C@@H]1CCCN(C(=O)c2sc(C(C)C)nc2C)C1. The normalized spacial score (nSPS) is 18.4. The highest BCUT2D eigenvalue weighted by molar-refractivity contribution is 7.13. The van der Waals surface area contributed by atoms with Crippen LogP contribution in [0.3, 0.4) is 0 Å². The number of amides is 1. The van der Waals surface area contributed by atoms with Gasteiger partial charge in [-0.15, -0.1) is 11.3 Å². The van der Waals surface area contributed by atoms with Crippen LogP contribution in [0.15, 0.2) is 6.20 Å². The van der Waals surface area contributed by atoms with Gasteiger partial charge in [0, 0.05) is 30.6 Å². The lowest BCUT2D eigenvalue weighted by atomic mass is 9.92. The van der Waals surface area contributed by atoms with Gasteiger partial charge in [-0.3, -0.25) is 9.89 Å². The van der Waals surface area contributed by atoms with Crippen molar-refractivity contribution in [2.24, 2.45) is 0 Å². The van der Waals surface area contributed by atoms with E-state index in [1.54, 1.807) is 11.3 Å². The molecule has 1 fully saturated rings. The summed E-state index contributed by atoms with van der Waals surface area (Å²) < 4.78 is 0. The van der Waals surface area contributed by atoms with E-state index in [4.69, 9.17) is 0 Å². The van der Waals surface area contributed by atoms with Crippen LogP contribution in [0, 0.1) is 6.92 Å². The number of nitrogens with zero attached hydrogens (tertiary/aromatic N) is 3. The summed E-state index contributed by atoms with van der Waals surface area (Å²) in [6.45, 7) is 9.93. The van der Waals surface area contributed by atoms with Crippen molar-refractivity contribution in [2.75, 3.05) is 13.1 Å². The van der Waals surface area contributed by atoms with Crippen LogP contribution in [-0.2, 0) is 6.42 Å². The van der Waals surface area contributed by atoms with Crippen molar-refractivity contribution in [1.82, 2.24) is 20.1 Å². The summed E-state index contributed by atoms with van der Waals surface area (Å²) in [6.07, 6.45) is 5.03. The van der Waals surface area contributed by atoms with Crippen molar-refractivity contribution >= 4 is 17.2 Å². The minimum Gasteiger partial charge on any atom is -0.337 e. The first kappa shape index (κ1) is 17.1. The Bertz CT molecular complexity index is 718. The van der Waals surface area contributed by atoms with Gasteiger partial charge in [0.15, 0.2) is 0 Å². The van der Waals surface area contributed by atoms with Crippen LogP contribution in [0.25, 0.3) is 0 Å². The highest BCUT2D eigenvalue weighted by atomic mass is 32.1. The lowest BCUT2D eigenvalue weighted by Gasteiger charge is -2.32. The van der Waals surface area contributed by atoms with Gasteiger partial charge in [-0.1, -0.05) is 20.8 Å². The first-order valence-electron chi connectivity index (χ1n) is 8.80. The van der Waals surface area contributed by atoms with Gasteiger partial charge in [-0.2, -0.15) is 5.10 Å². The summed E-state index contributed by atoms with van der Waals surface area (Å²) in [7, 11) is 0. The maximum atomic E-state index is 13.0. The summed E-state index contributed by atoms with van der Waals surface area (Å²) >= 11 is 1.55. The summed E-state index contributed by atoms with van der Waals surface area (Å²) in [5.41, 5.74) is 3.34. The highest BCUT2D eigenvalue weighted by Gasteiger charge is 2.29. The molecule has 0 bridgehead atoms. The zero-order valence-corrected chi connectivity index (χ0v) is 15.7. The third-order valence-electron chi connectivity index (χ3n) is 4.75. The predicted octanol–water partition coefficient (Wildman–Crippen LogP) is 3.88. The molecule has 24 heavy (non-hydrogen) atoms. The number of hydrogen-bond acceptors (Lipinski definition) is 4. The van der Waals surface area contributed by atoms with Crippen LogP contribution >= 0.6 is 11.3 Å². The average Bonchev–Trinajstić information content (AvgIpc) is 3.20. The molecule has 3 rings (SSSR count). The van der Waals surface area contributed by atoms with Crippen molar-refractivity contribution in [3.8, 4) is 0 Å². The Morgan fingerprint density at radius 2 is 2.29 bits per heavy atom. The van der Waals surface area contributed by atoms with Crippen molar-refractivity contribution in [2.45, 2.75) is 58.8 Å². The zero-order chi connectivity index (χ0) is 17.3. The van der Waals surface area contributed by atoms with Crippen LogP contribution in [0.1, 0.15) is 77.1 Å². The fourth-order valence-electron chi connectivity index (χ4n) is 3.36. The number of piperidine rings is 1. The number of hydrogen-bond donors (Lipinski definition) is 1. The molecule has 6 heteroatoms. The number of carbonyl (C=O) groups excluding carboxylic acids is 1. The van der Waals surface area contributed by atoms with E-state index >= 15 is 0 Å². The van der Waals surface area contributed by atoms with Gasteiger partial charge >= 0.3 is 0 Å². The van der Waals surface area contributed by atoms with Crippen molar-refractivity contribution in [1.29, 1.82) is 0 Å². The molecule has 0 saturated carbocycles. The van der Waals surface area contributed by atoms with E-state index in [9.17, 15) is 4.79 Å². The Hall–Kier alpha value is -1.69. The maximum Gasteiger partial charge on any atom is 0.265 e. The largest absolute Gasteiger partial charge is 0.337 e. The number of rotatable bonds is 4. The molecule has 1 aliphatic heterocycles. The van der Waals surface area contributed by atoms with E-state index < -0.39 is 0 Å². The minimum atomic E-state index is 0.138. The molecule has 1 N–H and O–H groups in total. The number of carbonyl (C=O) groups is 1. The molecule has 0 spiro atoms. The van der Waals surface area contributed by atoms with E-state index in [1.807, 2.05) is 18.0 Å². The van der Waals surface area contributed by atoms with Gasteiger partial charge in [0.1, 0.15) is 4.88 Å². The Morgan fingerprint density at radius 1 is 1.50 bits per heavy atom. The molecule has 3 heterocycles. The van der Waals surface area contributed by atoms with E-state index in [1.165, 1.54) is 11.3 Å². The number of nitrogens with one attached hydrogen (secondary N) is 1. The van der Waals surface area contributed by atoms with Gasteiger partial charge in [-0.25, -0.2) is 4.98 Å². The summed E-state index contributed by atoms with van der Waals surface area (Å²) in [4.78, 5) is 20.4. The second-order valence-corrected chi connectivity index (χ2v) is 7.90. The highest BCUT2D eigenvalue weighted by Crippen LogP contribution is 2.31. The van der Waals surface area contributed by atoms with E-state index in [0.717, 1.165) is 47.9 Å². The number of likely N-dealkylation sites (tertiary alicyclic amines) is 1. The standard InChI is InChI=1S/C18H26N4OS/c1-5-13-9-19-21-15(13)14-7-6-8-22(10-14)18(23)16-12(4)20-17(24-16)11(2)3/h9,11,14H,5-8,10H2,1-4H3,(H,19,21)/t14-/m1/s1. The molecular weight excluding hydrogens is 320 g/mol. The molecule has 0 radical (unpaired) electrons. The third kappa shape index (κ3) is 3.24. The topological polar surface area (TPSA) is 61.9 Å². The van der Waals surface area contributed by atoms with Crippen molar-refractivity contribution in [3.05, 3.63) is 33.0 Å². The first-order valence-corrected chi connectivity index (χ1v) is 9.61. The second kappa shape index (κ2) is 7.05. The maximum absolute atomic E-state index is 13.0. The van der Waals surface area contributed by atoms with E-state index in [0.29, 0.717) is 11.8 Å². The predicted molar refractivity (Wildman–Crippen MR) is 96.8 cm³/mol. The summed E-state index contributed by atoms with van der Waals surface area (Å²) in [5, 5.41) is 8.40. The van der Waals surface area contributed by atoms with Crippen LogP contribution in [0.5, 0.6) is 0 Å². The number of thiazole rings is 1. The quantitative estimate of drug-likeness (QED) is 0.914. The molecule has 5 nitrogen and oxygen atoms in total. The summed E-state index contributed by atoms with van der Waals surface area (Å²) in [5.74, 6) is 0.860. The van der Waals surface area contributed by atoms with Gasteiger partial charge in [0.25, 0.3) is 5.91 Å². The van der Waals surface area contributed by atoms with Crippen LogP contribution in [-0.4, -0.2) is 39.1 Å². The molecule has 130 valence electrons. The molecule has 1 amide bonds. The van der Waals surface area contributed by atoms with E-state index in [-0.39, 0.29) is 5.91 Å². The summed E-state index contributed by atoms with van der Waals surface area (Å²) in [6, 6.07) is 0. The monoisotopic (exact) mass is 346 g/mol. The second-order valence-electron chi connectivity index (χ2n) is 6.87. The molecule has 0 aliphatic carbocycles. The van der Waals surface area contributed by atoms with Gasteiger partial charge in [0.05, 0.1) is 16.9 Å². The van der Waals surface area contributed by atoms with E-state index in [2.05, 4.69) is 36.0 Å². The molecule has 0 unspecified atom stereocenters. The Morgan fingerprint density at radius 3 is 2.96 bits per heavy atom. The Balaban J connectivity index is 1.78. The minimum absolute atomic E-state index is 0.138. The zero-order valence-electron chi connectivity index (χ0n) is 14.9. The van der Waals surface area contributed by atoms with Crippen molar-refractivity contribution < 1.29 is 4.79 Å². The first-order chi connectivity index (χ1) is 11.5. The average molecular weight is 347 g/mol. The fourth-order valence-corrected chi connectivity index (χ4v) is 4.40. The molecule has 0 aromatic carbocycles. The lowest BCUT2D eigenvalue weighted by Crippen LogP contribution is -2.39. The number of aryl methyl sites for hydroxylation is 2. The molecule has 2 aromatic heterocycles. The van der Waals surface area contributed by atoms with Crippen LogP contribution < -0.4 is 0 Å². The number of H-pyrrole nitrogens is 1. The Labute approximate surface area is 147 Å². The number of aromatic nitrogens is 3. The van der Waals surface area contributed by atoms with Gasteiger partial charge in [0.2, 0.25) is 0 Å². The van der Waals surface area contributed by atoms with Crippen molar-refractivity contribution in [3.63, 3.8) is 0 Å². The Kier molecular flexibility index (Phi) is 5.04. The molecule has 1 saturated heterocycles. The van der Waals surface area contributed by atoms with Crippen LogP contribution in [0.4, 0.5) is 0 Å². The fraction of sp³-hybridized carbons (Fsp3) is 0.611.